The summed E-state index contributed by atoms with van der Waals surface area (Å²) in [5, 5.41) is 2.94. The van der Waals surface area contributed by atoms with Crippen LogP contribution in [0.15, 0.2) is 41.2 Å². The maximum atomic E-state index is 12.6. The molecule has 0 unspecified atom stereocenters. The Labute approximate surface area is 171 Å². The molecule has 1 aromatic carbocycles. The zero-order valence-corrected chi connectivity index (χ0v) is 17.4. The number of fused-ring (bicyclic) bond motifs is 4. The van der Waals surface area contributed by atoms with Crippen molar-refractivity contribution in [1.29, 1.82) is 0 Å². The highest BCUT2D eigenvalue weighted by molar-refractivity contribution is 5.72. The molecule has 1 amide bonds. The third kappa shape index (κ3) is 3.94. The number of hydrogen-bond acceptors (Lipinski definition) is 4. The standard InChI is InChI=1S/C23H29N3O3/c1-15-9-17(7-8-22(15)29-3)12-25-13-18-10-19(14-25)21(11-24-16(2)27)26-20(18)5-4-6-23(26)28/h4-9,18-19,21H,10-14H2,1-3H3,(H,24,27)/t18-,19+,21+/m1/s1. The number of carbonyl (C=O) groups is 1. The Morgan fingerprint density at radius 3 is 2.79 bits per heavy atom. The molecule has 0 spiro atoms. The summed E-state index contributed by atoms with van der Waals surface area (Å²) in [5.41, 5.74) is 3.54. The number of piperidine rings is 1. The number of rotatable bonds is 5. The Balaban J connectivity index is 1.60. The number of aryl methyl sites for hydroxylation is 1. The van der Waals surface area contributed by atoms with Crippen LogP contribution in [0.25, 0.3) is 0 Å². The van der Waals surface area contributed by atoms with Crippen molar-refractivity contribution < 1.29 is 9.53 Å². The van der Waals surface area contributed by atoms with Crippen LogP contribution in [0.5, 0.6) is 5.75 Å². The molecular weight excluding hydrogens is 366 g/mol. The Morgan fingerprint density at radius 1 is 1.24 bits per heavy atom. The lowest BCUT2D eigenvalue weighted by Gasteiger charge is -2.47. The summed E-state index contributed by atoms with van der Waals surface area (Å²) in [6.45, 7) is 6.84. The van der Waals surface area contributed by atoms with Gasteiger partial charge in [-0.05, 0) is 42.5 Å². The van der Waals surface area contributed by atoms with E-state index in [4.69, 9.17) is 4.74 Å². The number of nitrogens with one attached hydrogen (secondary N) is 1. The molecule has 29 heavy (non-hydrogen) atoms. The first-order valence-electron chi connectivity index (χ1n) is 10.3. The third-order valence-electron chi connectivity index (χ3n) is 6.30. The monoisotopic (exact) mass is 395 g/mol. The van der Waals surface area contributed by atoms with E-state index in [-0.39, 0.29) is 17.5 Å². The molecule has 0 radical (unpaired) electrons. The van der Waals surface area contributed by atoms with Crippen LogP contribution in [0.2, 0.25) is 0 Å². The molecular formula is C23H29N3O3. The van der Waals surface area contributed by atoms with E-state index in [1.807, 2.05) is 16.7 Å². The van der Waals surface area contributed by atoms with Gasteiger partial charge < -0.3 is 14.6 Å². The van der Waals surface area contributed by atoms with Gasteiger partial charge in [-0.2, -0.15) is 0 Å². The van der Waals surface area contributed by atoms with Gasteiger partial charge in [0.15, 0.2) is 0 Å². The zero-order valence-electron chi connectivity index (χ0n) is 17.4. The first kappa shape index (κ1) is 19.7. The lowest BCUT2D eigenvalue weighted by atomic mass is 9.78. The molecule has 2 aliphatic heterocycles. The molecule has 2 aromatic rings. The van der Waals surface area contributed by atoms with Crippen LogP contribution in [0.1, 0.15) is 42.1 Å². The van der Waals surface area contributed by atoms with E-state index in [2.05, 4.69) is 35.3 Å². The minimum absolute atomic E-state index is 0.000691. The van der Waals surface area contributed by atoms with E-state index >= 15 is 0 Å². The molecule has 2 bridgehead atoms. The highest BCUT2D eigenvalue weighted by Gasteiger charge is 2.40. The van der Waals surface area contributed by atoms with Crippen LogP contribution in [-0.4, -0.2) is 42.1 Å². The van der Waals surface area contributed by atoms with E-state index in [0.29, 0.717) is 18.4 Å². The van der Waals surface area contributed by atoms with Crippen LogP contribution >= 0.6 is 0 Å². The molecule has 3 atom stereocenters. The van der Waals surface area contributed by atoms with E-state index < -0.39 is 0 Å². The summed E-state index contributed by atoms with van der Waals surface area (Å²) < 4.78 is 7.31. The minimum Gasteiger partial charge on any atom is -0.496 e. The number of methoxy groups -OCH3 is 1. The number of pyridine rings is 1. The average Bonchev–Trinajstić information content (AvgIpc) is 2.68. The fourth-order valence-corrected chi connectivity index (χ4v) is 5.07. The van der Waals surface area contributed by atoms with Gasteiger partial charge in [0.1, 0.15) is 5.75 Å². The lowest BCUT2D eigenvalue weighted by molar-refractivity contribution is -0.119. The number of benzene rings is 1. The van der Waals surface area contributed by atoms with Crippen molar-refractivity contribution in [2.24, 2.45) is 5.92 Å². The molecule has 0 aliphatic carbocycles. The van der Waals surface area contributed by atoms with E-state index in [1.54, 1.807) is 13.2 Å². The summed E-state index contributed by atoms with van der Waals surface area (Å²) in [7, 11) is 1.70. The summed E-state index contributed by atoms with van der Waals surface area (Å²) in [4.78, 5) is 26.7. The SMILES string of the molecule is COc1ccc(CN2C[C@H]3C[C@@H](C2)[C@H](CNC(C)=O)n2c3cccc2=O)cc1C. The topological polar surface area (TPSA) is 63.6 Å². The molecule has 6 heteroatoms. The summed E-state index contributed by atoms with van der Waals surface area (Å²) in [6, 6.07) is 11.9. The molecule has 1 N–H and O–H groups in total. The van der Waals surface area contributed by atoms with Crippen molar-refractivity contribution in [3.8, 4) is 5.75 Å². The fraction of sp³-hybridized carbons (Fsp3) is 0.478. The van der Waals surface area contributed by atoms with E-state index in [0.717, 1.165) is 43.1 Å². The molecule has 154 valence electrons. The first-order valence-corrected chi connectivity index (χ1v) is 10.3. The fourth-order valence-electron chi connectivity index (χ4n) is 5.07. The molecule has 1 saturated heterocycles. The van der Waals surface area contributed by atoms with Gasteiger partial charge in [-0.25, -0.2) is 0 Å². The predicted octanol–water partition coefficient (Wildman–Crippen LogP) is 2.46. The van der Waals surface area contributed by atoms with Crippen LogP contribution in [0, 0.1) is 12.8 Å². The molecule has 2 aliphatic rings. The second-order valence-corrected chi connectivity index (χ2v) is 8.35. The second-order valence-electron chi connectivity index (χ2n) is 8.35. The largest absolute Gasteiger partial charge is 0.496 e. The van der Waals surface area contributed by atoms with Crippen molar-refractivity contribution in [3.05, 3.63) is 63.6 Å². The number of aromatic nitrogens is 1. The van der Waals surface area contributed by atoms with Crippen molar-refractivity contribution in [2.75, 3.05) is 26.7 Å². The molecule has 3 heterocycles. The predicted molar refractivity (Wildman–Crippen MR) is 112 cm³/mol. The molecule has 1 aromatic heterocycles. The van der Waals surface area contributed by atoms with Crippen molar-refractivity contribution in [1.82, 2.24) is 14.8 Å². The summed E-state index contributed by atoms with van der Waals surface area (Å²) in [5.74, 6) is 1.54. The van der Waals surface area contributed by atoms with Crippen LogP contribution in [0.4, 0.5) is 0 Å². The number of likely N-dealkylation sites (tertiary alicyclic amines) is 1. The van der Waals surface area contributed by atoms with Crippen LogP contribution in [-0.2, 0) is 11.3 Å². The molecule has 1 fully saturated rings. The quantitative estimate of drug-likeness (QED) is 0.845. The lowest BCUT2D eigenvalue weighted by Crippen LogP contribution is -2.51. The first-order chi connectivity index (χ1) is 14.0. The van der Waals surface area contributed by atoms with Crippen LogP contribution < -0.4 is 15.6 Å². The van der Waals surface area contributed by atoms with Gasteiger partial charge in [-0.1, -0.05) is 18.2 Å². The number of nitrogens with zero attached hydrogens (tertiary/aromatic N) is 2. The Kier molecular flexibility index (Phi) is 5.46. The zero-order chi connectivity index (χ0) is 20.5. The maximum Gasteiger partial charge on any atom is 0.251 e. The van der Waals surface area contributed by atoms with E-state index in [9.17, 15) is 9.59 Å². The third-order valence-corrected chi connectivity index (χ3v) is 6.30. The van der Waals surface area contributed by atoms with Gasteiger partial charge in [-0.3, -0.25) is 14.5 Å². The van der Waals surface area contributed by atoms with Gasteiger partial charge in [0.25, 0.3) is 5.56 Å². The van der Waals surface area contributed by atoms with Gasteiger partial charge in [-0.15, -0.1) is 0 Å². The van der Waals surface area contributed by atoms with E-state index in [1.165, 1.54) is 12.5 Å². The summed E-state index contributed by atoms with van der Waals surface area (Å²) in [6.07, 6.45) is 1.06. The van der Waals surface area contributed by atoms with Gasteiger partial charge in [0.05, 0.1) is 13.2 Å². The normalized spacial score (nSPS) is 23.3. The smallest absolute Gasteiger partial charge is 0.251 e. The Bertz CT molecular complexity index is 968. The second kappa shape index (κ2) is 8.03. The Morgan fingerprint density at radius 2 is 2.07 bits per heavy atom. The van der Waals surface area contributed by atoms with Crippen LogP contribution in [0.3, 0.4) is 0 Å². The average molecular weight is 396 g/mol. The highest BCUT2D eigenvalue weighted by Crippen LogP contribution is 2.41. The van der Waals surface area contributed by atoms with Gasteiger partial charge >= 0.3 is 0 Å². The number of hydrogen-bond donors (Lipinski definition) is 1. The number of carbonyl (C=O) groups excluding carboxylic acids is 1. The Hall–Kier alpha value is -2.60. The highest BCUT2D eigenvalue weighted by atomic mass is 16.5. The maximum absolute atomic E-state index is 12.6. The molecule has 6 nitrogen and oxygen atoms in total. The van der Waals surface area contributed by atoms with Crippen molar-refractivity contribution >= 4 is 5.91 Å². The van der Waals surface area contributed by atoms with Gasteiger partial charge in [0, 0.05) is 50.8 Å². The number of amides is 1. The molecule has 4 rings (SSSR count). The minimum atomic E-state index is -0.0565. The van der Waals surface area contributed by atoms with Crippen molar-refractivity contribution in [2.45, 2.75) is 38.8 Å². The summed E-state index contributed by atoms with van der Waals surface area (Å²) >= 11 is 0. The van der Waals surface area contributed by atoms with Gasteiger partial charge in [0.2, 0.25) is 5.91 Å². The number of ether oxygens (including phenoxy) is 1. The van der Waals surface area contributed by atoms with Crippen molar-refractivity contribution in [3.63, 3.8) is 0 Å². The molecule has 0 saturated carbocycles.